The molecular formula is C32H47NO5. The number of carbonyl (C=O) groups excluding carboxylic acids is 2. The van der Waals surface area contributed by atoms with Gasteiger partial charge < -0.3 is 14.6 Å². The van der Waals surface area contributed by atoms with Gasteiger partial charge in [-0.25, -0.2) is 0 Å². The van der Waals surface area contributed by atoms with Crippen molar-refractivity contribution in [2.45, 2.75) is 112 Å². The van der Waals surface area contributed by atoms with Crippen LogP contribution in [0, 0.1) is 61.6 Å². The Bertz CT molecular complexity index is 1120. The van der Waals surface area contributed by atoms with Gasteiger partial charge in [0.25, 0.3) is 0 Å². The van der Waals surface area contributed by atoms with Crippen LogP contribution in [0.15, 0.2) is 11.6 Å². The average molecular weight is 526 g/mol. The lowest BCUT2D eigenvalue weighted by Gasteiger charge is -2.67. The van der Waals surface area contributed by atoms with Crippen molar-refractivity contribution in [2.75, 3.05) is 7.11 Å². The highest BCUT2D eigenvalue weighted by molar-refractivity contribution is 6.04. The molecule has 0 spiro atoms. The maximum atomic E-state index is 13.4. The molecule has 3 saturated carbocycles. The number of aliphatic hydroxyl groups excluding tert-OH is 1. The number of ether oxygens (including phenoxy) is 2. The van der Waals surface area contributed by atoms with Crippen molar-refractivity contribution in [3.63, 3.8) is 0 Å². The van der Waals surface area contributed by atoms with Crippen LogP contribution in [-0.2, 0) is 19.1 Å². The van der Waals surface area contributed by atoms with E-state index in [0.29, 0.717) is 6.42 Å². The zero-order valence-corrected chi connectivity index (χ0v) is 24.6. The van der Waals surface area contributed by atoms with E-state index in [2.05, 4.69) is 40.7 Å². The monoisotopic (exact) mass is 525 g/mol. The summed E-state index contributed by atoms with van der Waals surface area (Å²) in [5.41, 5.74) is -1.83. The predicted molar refractivity (Wildman–Crippen MR) is 143 cm³/mol. The summed E-state index contributed by atoms with van der Waals surface area (Å²) in [6.45, 7) is 15.5. The summed E-state index contributed by atoms with van der Waals surface area (Å²) in [5.74, 6) is -0.129. The highest BCUT2D eigenvalue weighted by atomic mass is 16.6. The zero-order chi connectivity index (χ0) is 28.1. The van der Waals surface area contributed by atoms with Crippen molar-refractivity contribution in [1.82, 2.24) is 0 Å². The summed E-state index contributed by atoms with van der Waals surface area (Å²) in [4.78, 5) is 26.7. The first-order valence-corrected chi connectivity index (χ1v) is 14.6. The highest BCUT2D eigenvalue weighted by Crippen LogP contribution is 2.73. The number of nitriles is 1. The molecule has 4 aliphatic carbocycles. The van der Waals surface area contributed by atoms with Crippen molar-refractivity contribution >= 4 is 11.8 Å². The first kappa shape index (κ1) is 27.8. The number of fused-ring (bicyclic) bond motifs is 7. The molecule has 5 aliphatic rings. The lowest BCUT2D eigenvalue weighted by molar-refractivity contribution is -0.247. The van der Waals surface area contributed by atoms with Crippen molar-refractivity contribution in [1.29, 1.82) is 5.26 Å². The summed E-state index contributed by atoms with van der Waals surface area (Å²) < 4.78 is 12.1. The maximum absolute atomic E-state index is 13.4. The molecule has 6 heteroatoms. The number of rotatable bonds is 1. The minimum atomic E-state index is -0.972. The Labute approximate surface area is 228 Å². The van der Waals surface area contributed by atoms with Crippen LogP contribution < -0.4 is 0 Å². The van der Waals surface area contributed by atoms with Crippen LogP contribution >= 0.6 is 0 Å². The summed E-state index contributed by atoms with van der Waals surface area (Å²) in [6.07, 6.45) is 7.16. The number of Topliss-reactive ketones (excluding diaryl/α,β-unsaturated/α-hetero) is 1. The molecule has 1 heterocycles. The van der Waals surface area contributed by atoms with E-state index in [1.54, 1.807) is 0 Å². The fourth-order valence-electron chi connectivity index (χ4n) is 10.6. The van der Waals surface area contributed by atoms with Crippen LogP contribution in [0.5, 0.6) is 0 Å². The summed E-state index contributed by atoms with van der Waals surface area (Å²) >= 11 is 0. The second kappa shape index (κ2) is 8.40. The zero-order valence-electron chi connectivity index (χ0n) is 24.6. The van der Waals surface area contributed by atoms with Gasteiger partial charge in [0.15, 0.2) is 12.1 Å². The van der Waals surface area contributed by atoms with Crippen molar-refractivity contribution in [2.24, 2.45) is 50.2 Å². The third-order valence-corrected chi connectivity index (χ3v) is 13.0. The van der Waals surface area contributed by atoms with Crippen LogP contribution in [0.3, 0.4) is 0 Å². The average Bonchev–Trinajstić information content (AvgIpc) is 2.93. The molecule has 2 unspecified atom stereocenters. The molecule has 1 saturated heterocycles. The summed E-state index contributed by atoms with van der Waals surface area (Å²) in [5, 5.41) is 21.4. The number of hydrogen-bond acceptors (Lipinski definition) is 6. The molecule has 210 valence electrons. The molecule has 1 aliphatic heterocycles. The van der Waals surface area contributed by atoms with E-state index in [1.807, 2.05) is 19.9 Å². The molecule has 0 bridgehead atoms. The molecule has 6 nitrogen and oxygen atoms in total. The number of ketones is 1. The Kier molecular flexibility index (Phi) is 6.15. The fraction of sp³-hybridized carbons (Fsp3) is 0.844. The molecular weight excluding hydrogens is 478 g/mol. The first-order chi connectivity index (χ1) is 17.5. The van der Waals surface area contributed by atoms with E-state index < -0.39 is 22.5 Å². The lowest BCUT2D eigenvalue weighted by atomic mass is 9.36. The van der Waals surface area contributed by atoms with Gasteiger partial charge in [-0.1, -0.05) is 54.5 Å². The standard InChI is InChI=1S/C32H47NO5/c1-27(2)11-13-32(26(36)37-8)14-12-31(7)25(20(32)17-27)38-23(34)15-22-29(5)16-19(18-33)24(35)28(3,4)21(29)9-10-30(22,31)6/h16,20-23,25,34H,9-15,17H2,1-8H3/t20-,21-,22+,23?,25?,29-,30+,31+,32-/m0/s1. The summed E-state index contributed by atoms with van der Waals surface area (Å²) in [6, 6.07) is 2.20. The molecule has 0 aromatic heterocycles. The quantitative estimate of drug-likeness (QED) is 0.423. The normalized spacial score (nSPS) is 49.1. The molecule has 38 heavy (non-hydrogen) atoms. The van der Waals surface area contributed by atoms with E-state index in [-0.39, 0.29) is 57.4 Å². The molecule has 1 N–H and O–H groups in total. The van der Waals surface area contributed by atoms with E-state index in [1.165, 1.54) is 7.11 Å². The second-order valence-corrected chi connectivity index (χ2v) is 15.4. The van der Waals surface area contributed by atoms with Crippen LogP contribution in [0.4, 0.5) is 0 Å². The first-order valence-electron chi connectivity index (χ1n) is 14.6. The van der Waals surface area contributed by atoms with Crippen molar-refractivity contribution < 1.29 is 24.2 Å². The summed E-state index contributed by atoms with van der Waals surface area (Å²) in [7, 11) is 1.50. The van der Waals surface area contributed by atoms with Gasteiger partial charge in [-0.3, -0.25) is 9.59 Å². The largest absolute Gasteiger partial charge is 0.469 e. The second-order valence-electron chi connectivity index (χ2n) is 15.4. The number of nitrogens with zero attached hydrogens (tertiary/aromatic N) is 1. The van der Waals surface area contributed by atoms with Crippen LogP contribution in [-0.4, -0.2) is 36.4 Å². The van der Waals surface area contributed by atoms with Crippen molar-refractivity contribution in [3.05, 3.63) is 11.6 Å². The minimum Gasteiger partial charge on any atom is -0.469 e. The SMILES string of the molecule is COC(=O)[C@]12CCC(C)(C)C[C@H]1C1OC(O)C[C@@H]3[C@@]4(C)C=C(C#N)C(=O)C(C)(C)[C@@H]4CC[C@@]3(C)[C@]1(C)CC2. The van der Waals surface area contributed by atoms with Gasteiger partial charge in [-0.2, -0.15) is 5.26 Å². The third-order valence-electron chi connectivity index (χ3n) is 13.0. The van der Waals surface area contributed by atoms with Gasteiger partial charge in [-0.15, -0.1) is 0 Å². The van der Waals surface area contributed by atoms with Crippen LogP contribution in [0.1, 0.15) is 99.8 Å². The third kappa shape index (κ3) is 3.43. The van der Waals surface area contributed by atoms with Gasteiger partial charge in [0, 0.05) is 17.8 Å². The number of aliphatic hydroxyl groups is 1. The molecule has 5 rings (SSSR count). The van der Waals surface area contributed by atoms with E-state index in [0.717, 1.165) is 44.9 Å². The Balaban J connectivity index is 1.66. The highest BCUT2D eigenvalue weighted by Gasteiger charge is 2.71. The van der Waals surface area contributed by atoms with Gasteiger partial charge >= 0.3 is 5.97 Å². The number of esters is 1. The Morgan fingerprint density at radius 1 is 1.03 bits per heavy atom. The van der Waals surface area contributed by atoms with Crippen LogP contribution in [0.2, 0.25) is 0 Å². The Hall–Kier alpha value is -1.71. The fourth-order valence-corrected chi connectivity index (χ4v) is 10.6. The van der Waals surface area contributed by atoms with Gasteiger partial charge in [0.1, 0.15) is 6.07 Å². The minimum absolute atomic E-state index is 0.0247. The number of methoxy groups -OCH3 is 1. The number of allylic oxidation sites excluding steroid dienone is 2. The van der Waals surface area contributed by atoms with Crippen molar-refractivity contribution in [3.8, 4) is 6.07 Å². The topological polar surface area (TPSA) is 96.6 Å². The van der Waals surface area contributed by atoms with E-state index >= 15 is 0 Å². The molecule has 0 aromatic rings. The lowest BCUT2D eigenvalue weighted by Crippen LogP contribution is -2.66. The van der Waals surface area contributed by atoms with Crippen LogP contribution in [0.25, 0.3) is 0 Å². The van der Waals surface area contributed by atoms with Gasteiger partial charge in [0.2, 0.25) is 0 Å². The Morgan fingerprint density at radius 3 is 2.32 bits per heavy atom. The van der Waals surface area contributed by atoms with E-state index in [9.17, 15) is 20.0 Å². The molecule has 0 radical (unpaired) electrons. The molecule has 4 fully saturated rings. The number of carbonyl (C=O) groups is 2. The van der Waals surface area contributed by atoms with Gasteiger partial charge in [-0.05, 0) is 78.4 Å². The maximum Gasteiger partial charge on any atom is 0.312 e. The van der Waals surface area contributed by atoms with Gasteiger partial charge in [0.05, 0.1) is 24.2 Å². The molecule has 0 aromatic carbocycles. The smallest absolute Gasteiger partial charge is 0.312 e. The van der Waals surface area contributed by atoms with E-state index in [4.69, 9.17) is 9.47 Å². The molecule has 9 atom stereocenters. The molecule has 0 amide bonds. The number of hydrogen-bond donors (Lipinski definition) is 1. The Morgan fingerprint density at radius 2 is 1.68 bits per heavy atom. The predicted octanol–water partition coefficient (Wildman–Crippen LogP) is 5.98.